The topological polar surface area (TPSA) is 57.3 Å². The van der Waals surface area contributed by atoms with Crippen molar-refractivity contribution in [3.8, 4) is 0 Å². The average Bonchev–Trinajstić information content (AvgIpc) is 2.66. The number of para-hydroxylation sites is 1. The van der Waals surface area contributed by atoms with Crippen LogP contribution in [-0.4, -0.2) is 25.0 Å². The van der Waals surface area contributed by atoms with Gasteiger partial charge in [-0.25, -0.2) is 13.8 Å². The summed E-state index contributed by atoms with van der Waals surface area (Å²) in [5, 5.41) is 5.35. The molecule has 27 heavy (non-hydrogen) atoms. The van der Waals surface area contributed by atoms with E-state index in [0.29, 0.717) is 5.82 Å². The highest BCUT2D eigenvalue weighted by Crippen LogP contribution is 2.21. The average molecular weight is 368 g/mol. The number of nitrogens with one attached hydrogen (secondary N) is 2. The minimum absolute atomic E-state index is 0.186. The zero-order chi connectivity index (χ0) is 19.4. The molecule has 138 valence electrons. The Morgan fingerprint density at radius 2 is 1.63 bits per heavy atom. The lowest BCUT2D eigenvalue weighted by atomic mass is 10.2. The van der Waals surface area contributed by atoms with Crippen molar-refractivity contribution in [3.63, 3.8) is 0 Å². The van der Waals surface area contributed by atoms with Gasteiger partial charge in [-0.3, -0.25) is 4.79 Å². The lowest BCUT2D eigenvalue weighted by Crippen LogP contribution is -2.14. The Balaban J connectivity index is 1.68. The number of carbonyl (C=O) groups is 1. The number of anilines is 4. The van der Waals surface area contributed by atoms with Gasteiger partial charge in [0, 0.05) is 31.7 Å². The first kappa shape index (κ1) is 18.3. The Bertz CT molecular complexity index is 921. The third kappa shape index (κ3) is 4.38. The van der Waals surface area contributed by atoms with Gasteiger partial charge in [0.2, 0.25) is 0 Å². The lowest BCUT2D eigenvalue weighted by Gasteiger charge is -2.13. The van der Waals surface area contributed by atoms with Crippen molar-refractivity contribution in [2.45, 2.75) is 0 Å². The molecule has 0 aliphatic heterocycles. The molecule has 0 spiro atoms. The monoisotopic (exact) mass is 368 g/mol. The Hall–Kier alpha value is -3.48. The van der Waals surface area contributed by atoms with Crippen LogP contribution in [0.5, 0.6) is 0 Å². The maximum absolute atomic E-state index is 13.6. The molecule has 2 N–H and O–H groups in total. The molecule has 0 unspecified atom stereocenters. The number of benzene rings is 2. The van der Waals surface area contributed by atoms with E-state index in [9.17, 15) is 13.6 Å². The fraction of sp³-hybridized carbons (Fsp3) is 0.100. The molecular formula is C20H18F2N4O. The van der Waals surface area contributed by atoms with Crippen LogP contribution in [0.4, 0.5) is 31.7 Å². The van der Waals surface area contributed by atoms with Crippen molar-refractivity contribution in [3.05, 3.63) is 78.0 Å². The summed E-state index contributed by atoms with van der Waals surface area (Å²) in [5.74, 6) is -1.78. The lowest BCUT2D eigenvalue weighted by molar-refractivity contribution is 0.102. The number of aromatic nitrogens is 1. The summed E-state index contributed by atoms with van der Waals surface area (Å²) in [7, 11) is 3.92. The first-order valence-corrected chi connectivity index (χ1v) is 8.20. The van der Waals surface area contributed by atoms with Crippen molar-refractivity contribution in [2.75, 3.05) is 29.6 Å². The van der Waals surface area contributed by atoms with Crippen LogP contribution >= 0.6 is 0 Å². The summed E-state index contributed by atoms with van der Waals surface area (Å²) < 4.78 is 27.3. The maximum atomic E-state index is 13.6. The van der Waals surface area contributed by atoms with Gasteiger partial charge in [-0.1, -0.05) is 6.07 Å². The van der Waals surface area contributed by atoms with Crippen LogP contribution in [-0.2, 0) is 0 Å². The largest absolute Gasteiger partial charge is 0.378 e. The number of halogens is 2. The molecule has 0 saturated heterocycles. The second-order valence-electron chi connectivity index (χ2n) is 6.05. The van der Waals surface area contributed by atoms with Gasteiger partial charge in [-0.2, -0.15) is 0 Å². The van der Waals surface area contributed by atoms with Crippen LogP contribution in [0.25, 0.3) is 0 Å². The molecule has 0 aliphatic carbocycles. The summed E-state index contributed by atoms with van der Waals surface area (Å²) in [5.41, 5.74) is 1.62. The first-order valence-electron chi connectivity index (χ1n) is 8.20. The number of hydrogen-bond acceptors (Lipinski definition) is 4. The summed E-state index contributed by atoms with van der Waals surface area (Å²) in [6.07, 6.45) is 1.34. The minimum Gasteiger partial charge on any atom is -0.378 e. The van der Waals surface area contributed by atoms with E-state index in [1.807, 2.05) is 43.3 Å². The van der Waals surface area contributed by atoms with Crippen molar-refractivity contribution in [1.29, 1.82) is 0 Å². The van der Waals surface area contributed by atoms with Gasteiger partial charge in [0.1, 0.15) is 23.1 Å². The smallest absolute Gasteiger partial charge is 0.257 e. The molecule has 0 aliphatic rings. The second kappa shape index (κ2) is 7.82. The van der Waals surface area contributed by atoms with Crippen molar-refractivity contribution in [2.24, 2.45) is 0 Å². The van der Waals surface area contributed by atoms with Crippen LogP contribution in [0, 0.1) is 11.6 Å². The molecule has 7 heteroatoms. The Kier molecular flexibility index (Phi) is 5.30. The predicted octanol–water partition coefficient (Wildman–Crippen LogP) is 4.42. The third-order valence-corrected chi connectivity index (χ3v) is 3.88. The van der Waals surface area contributed by atoms with Gasteiger partial charge in [-0.15, -0.1) is 0 Å². The number of carbonyl (C=O) groups excluding carboxylic acids is 1. The van der Waals surface area contributed by atoms with Gasteiger partial charge < -0.3 is 15.5 Å². The van der Waals surface area contributed by atoms with Gasteiger partial charge in [0.25, 0.3) is 5.91 Å². The molecule has 2 aromatic carbocycles. The van der Waals surface area contributed by atoms with E-state index in [2.05, 4.69) is 15.6 Å². The van der Waals surface area contributed by atoms with Crippen LogP contribution < -0.4 is 15.5 Å². The first-order chi connectivity index (χ1) is 12.9. The molecule has 0 bridgehead atoms. The van der Waals surface area contributed by atoms with Crippen molar-refractivity contribution in [1.82, 2.24) is 4.98 Å². The molecule has 3 rings (SSSR count). The van der Waals surface area contributed by atoms with Gasteiger partial charge in [0.15, 0.2) is 0 Å². The fourth-order valence-corrected chi connectivity index (χ4v) is 2.40. The molecule has 3 aromatic rings. The summed E-state index contributed by atoms with van der Waals surface area (Å²) in [6.45, 7) is 0. The van der Waals surface area contributed by atoms with E-state index >= 15 is 0 Å². The SMILES string of the molecule is CN(C)c1ccc(Nc2ccc(C(=O)Nc3c(F)cccc3F)cn2)cc1. The van der Waals surface area contributed by atoms with Crippen LogP contribution in [0.1, 0.15) is 10.4 Å². The van der Waals surface area contributed by atoms with E-state index in [0.717, 1.165) is 23.5 Å². The van der Waals surface area contributed by atoms with E-state index < -0.39 is 23.2 Å². The highest BCUT2D eigenvalue weighted by atomic mass is 19.1. The number of nitrogens with zero attached hydrogens (tertiary/aromatic N) is 2. The standard InChI is InChI=1S/C20H18F2N4O/c1-26(2)15-9-7-14(8-10-15)24-18-11-6-13(12-23-18)20(27)25-19-16(21)4-3-5-17(19)22/h3-12H,1-2H3,(H,23,24)(H,25,27). The van der Waals surface area contributed by atoms with E-state index in [4.69, 9.17) is 0 Å². The summed E-state index contributed by atoms with van der Waals surface area (Å²) in [6, 6.07) is 14.3. The third-order valence-electron chi connectivity index (χ3n) is 3.88. The van der Waals surface area contributed by atoms with Crippen molar-refractivity contribution >= 4 is 28.8 Å². The van der Waals surface area contributed by atoms with Crippen molar-refractivity contribution < 1.29 is 13.6 Å². The zero-order valence-corrected chi connectivity index (χ0v) is 14.8. The molecule has 1 heterocycles. The number of hydrogen-bond donors (Lipinski definition) is 2. The molecule has 0 atom stereocenters. The van der Waals surface area contributed by atoms with Crippen LogP contribution in [0.3, 0.4) is 0 Å². The number of amides is 1. The molecule has 1 aromatic heterocycles. The van der Waals surface area contributed by atoms with Crippen LogP contribution in [0.15, 0.2) is 60.8 Å². The van der Waals surface area contributed by atoms with E-state index in [1.54, 1.807) is 6.07 Å². The number of pyridine rings is 1. The number of rotatable bonds is 5. The zero-order valence-electron chi connectivity index (χ0n) is 14.8. The Morgan fingerprint density at radius 3 is 2.19 bits per heavy atom. The quantitative estimate of drug-likeness (QED) is 0.700. The molecule has 0 fully saturated rings. The van der Waals surface area contributed by atoms with E-state index in [1.165, 1.54) is 18.3 Å². The summed E-state index contributed by atoms with van der Waals surface area (Å²) in [4.78, 5) is 18.3. The highest BCUT2D eigenvalue weighted by Gasteiger charge is 2.13. The van der Waals surface area contributed by atoms with Crippen LogP contribution in [0.2, 0.25) is 0 Å². The minimum atomic E-state index is -0.837. The molecule has 0 saturated carbocycles. The summed E-state index contributed by atoms with van der Waals surface area (Å²) >= 11 is 0. The fourth-order valence-electron chi connectivity index (χ4n) is 2.40. The Labute approximate surface area is 155 Å². The van der Waals surface area contributed by atoms with Gasteiger partial charge in [-0.05, 0) is 48.5 Å². The molecule has 1 amide bonds. The van der Waals surface area contributed by atoms with Gasteiger partial charge >= 0.3 is 0 Å². The van der Waals surface area contributed by atoms with Gasteiger partial charge in [0.05, 0.1) is 5.56 Å². The highest BCUT2D eigenvalue weighted by molar-refractivity contribution is 6.04. The molecule has 5 nitrogen and oxygen atoms in total. The maximum Gasteiger partial charge on any atom is 0.257 e. The Morgan fingerprint density at radius 1 is 0.963 bits per heavy atom. The predicted molar refractivity (Wildman–Crippen MR) is 103 cm³/mol. The second-order valence-corrected chi connectivity index (χ2v) is 6.05. The molecular weight excluding hydrogens is 350 g/mol. The van der Waals surface area contributed by atoms with E-state index in [-0.39, 0.29) is 5.56 Å². The molecule has 0 radical (unpaired) electrons. The normalized spacial score (nSPS) is 10.4.